The van der Waals surface area contributed by atoms with E-state index in [1.807, 2.05) is 47.5 Å². The van der Waals surface area contributed by atoms with Gasteiger partial charge in [0.05, 0.1) is 22.8 Å². The smallest absolute Gasteiger partial charge is 0.257 e. The zero-order valence-corrected chi connectivity index (χ0v) is 20.5. The van der Waals surface area contributed by atoms with Crippen molar-refractivity contribution in [3.05, 3.63) is 71.4 Å². The normalized spacial score (nSPS) is 20.5. The quantitative estimate of drug-likeness (QED) is 0.576. The predicted molar refractivity (Wildman–Crippen MR) is 133 cm³/mol. The van der Waals surface area contributed by atoms with Gasteiger partial charge in [0.15, 0.2) is 9.84 Å². The van der Waals surface area contributed by atoms with E-state index in [1.165, 1.54) is 5.56 Å². The molecule has 1 aromatic heterocycles. The Morgan fingerprint density at radius 1 is 0.971 bits per heavy atom. The van der Waals surface area contributed by atoms with Crippen LogP contribution in [0.15, 0.2) is 54.7 Å². The zero-order valence-electron chi connectivity index (χ0n) is 19.6. The van der Waals surface area contributed by atoms with Crippen LogP contribution in [-0.4, -0.2) is 77.6 Å². The molecule has 0 radical (unpaired) electrons. The molecule has 0 saturated carbocycles. The fourth-order valence-electron chi connectivity index (χ4n) is 4.87. The van der Waals surface area contributed by atoms with Crippen molar-refractivity contribution in [2.24, 2.45) is 0 Å². The lowest BCUT2D eigenvalue weighted by Crippen LogP contribution is -2.52. The summed E-state index contributed by atoms with van der Waals surface area (Å²) in [6.45, 7) is 6.69. The second-order valence-electron chi connectivity index (χ2n) is 9.36. The van der Waals surface area contributed by atoms with E-state index in [4.69, 9.17) is 5.10 Å². The lowest BCUT2D eigenvalue weighted by atomic mass is 10.0. The van der Waals surface area contributed by atoms with Crippen LogP contribution in [0.5, 0.6) is 0 Å². The molecule has 2 saturated heterocycles. The molecule has 1 atom stereocenters. The second kappa shape index (κ2) is 9.00. The van der Waals surface area contributed by atoms with Gasteiger partial charge in [0, 0.05) is 44.0 Å². The van der Waals surface area contributed by atoms with Gasteiger partial charge in [0.1, 0.15) is 5.69 Å². The Labute approximate surface area is 200 Å². The molecule has 0 unspecified atom stereocenters. The van der Waals surface area contributed by atoms with Crippen LogP contribution in [0.3, 0.4) is 0 Å². The van der Waals surface area contributed by atoms with Crippen LogP contribution < -0.4 is 0 Å². The number of benzene rings is 2. The molecule has 0 spiro atoms. The van der Waals surface area contributed by atoms with E-state index in [2.05, 4.69) is 30.9 Å². The monoisotopic (exact) mass is 478 g/mol. The van der Waals surface area contributed by atoms with Crippen LogP contribution >= 0.6 is 0 Å². The van der Waals surface area contributed by atoms with E-state index >= 15 is 0 Å². The first-order valence-electron chi connectivity index (χ1n) is 11.8. The van der Waals surface area contributed by atoms with E-state index in [9.17, 15) is 13.2 Å². The van der Waals surface area contributed by atoms with Crippen molar-refractivity contribution in [1.82, 2.24) is 19.6 Å². The van der Waals surface area contributed by atoms with E-state index in [-0.39, 0.29) is 23.5 Å². The van der Waals surface area contributed by atoms with Crippen molar-refractivity contribution >= 4 is 15.7 Å². The fourth-order valence-corrected chi connectivity index (χ4v) is 6.63. The minimum Gasteiger partial charge on any atom is -0.336 e. The third-order valence-corrected chi connectivity index (χ3v) is 8.82. The van der Waals surface area contributed by atoms with Crippen LogP contribution in [-0.2, 0) is 9.84 Å². The van der Waals surface area contributed by atoms with Gasteiger partial charge in [-0.1, -0.05) is 30.3 Å². The van der Waals surface area contributed by atoms with Gasteiger partial charge in [-0.25, -0.2) is 13.1 Å². The summed E-state index contributed by atoms with van der Waals surface area (Å²) >= 11 is 0. The lowest BCUT2D eigenvalue weighted by molar-refractivity contribution is 0.0588. The van der Waals surface area contributed by atoms with Crippen LogP contribution in [0.25, 0.3) is 16.9 Å². The van der Waals surface area contributed by atoms with Crippen molar-refractivity contribution in [1.29, 1.82) is 0 Å². The molecule has 2 aliphatic rings. The number of aryl methyl sites for hydroxylation is 2. The first-order chi connectivity index (χ1) is 16.3. The number of hydrogen-bond acceptors (Lipinski definition) is 5. The molecule has 7 nitrogen and oxygen atoms in total. The summed E-state index contributed by atoms with van der Waals surface area (Å²) < 4.78 is 25.5. The summed E-state index contributed by atoms with van der Waals surface area (Å²) in [6, 6.07) is 16.1. The molecule has 2 fully saturated rings. The summed E-state index contributed by atoms with van der Waals surface area (Å²) in [4.78, 5) is 17.8. The third kappa shape index (κ3) is 4.52. The van der Waals surface area contributed by atoms with Crippen molar-refractivity contribution in [2.75, 3.05) is 37.7 Å². The molecule has 2 aliphatic heterocycles. The second-order valence-corrected chi connectivity index (χ2v) is 11.6. The van der Waals surface area contributed by atoms with Crippen LogP contribution in [0, 0.1) is 13.8 Å². The number of carbonyl (C=O) groups is 1. The molecular weight excluding hydrogens is 448 g/mol. The maximum atomic E-state index is 13.7. The molecule has 3 aromatic rings. The molecule has 0 aliphatic carbocycles. The number of amides is 1. The largest absolute Gasteiger partial charge is 0.336 e. The number of para-hydroxylation sites is 1. The number of aromatic nitrogens is 2. The summed E-state index contributed by atoms with van der Waals surface area (Å²) in [5.74, 6) is 0.477. The first-order valence-corrected chi connectivity index (χ1v) is 13.6. The van der Waals surface area contributed by atoms with Crippen molar-refractivity contribution < 1.29 is 13.2 Å². The van der Waals surface area contributed by atoms with Gasteiger partial charge >= 0.3 is 0 Å². The Hall–Kier alpha value is -2.97. The van der Waals surface area contributed by atoms with E-state index < -0.39 is 9.84 Å². The molecule has 1 amide bonds. The average molecular weight is 479 g/mol. The van der Waals surface area contributed by atoms with E-state index in [1.54, 1.807) is 4.68 Å². The third-order valence-electron chi connectivity index (χ3n) is 7.07. The Kier molecular flexibility index (Phi) is 6.04. The molecule has 5 rings (SSSR count). The fraction of sp³-hybridized carbons (Fsp3) is 0.385. The Morgan fingerprint density at radius 2 is 1.71 bits per heavy atom. The molecular formula is C26H30N4O3S. The molecule has 3 heterocycles. The molecule has 2 aromatic carbocycles. The SMILES string of the molecule is Cc1ccc(-c2nn(-c3ccccc3)cc2C(=O)N2CCN([C@@H]3CCS(=O)(=O)C3)CC2)cc1C. The maximum absolute atomic E-state index is 13.7. The minimum atomic E-state index is -2.92. The highest BCUT2D eigenvalue weighted by atomic mass is 32.2. The Bertz CT molecular complexity index is 1310. The van der Waals surface area contributed by atoms with E-state index in [0.29, 0.717) is 43.9 Å². The van der Waals surface area contributed by atoms with Crippen molar-refractivity contribution in [2.45, 2.75) is 26.3 Å². The summed E-state index contributed by atoms with van der Waals surface area (Å²) in [6.07, 6.45) is 2.52. The number of rotatable bonds is 4. The summed E-state index contributed by atoms with van der Waals surface area (Å²) in [5, 5.41) is 4.82. The summed E-state index contributed by atoms with van der Waals surface area (Å²) in [7, 11) is -2.92. The molecule has 34 heavy (non-hydrogen) atoms. The average Bonchev–Trinajstić information content (AvgIpc) is 3.45. The lowest BCUT2D eigenvalue weighted by Gasteiger charge is -2.37. The number of piperazine rings is 1. The first kappa shape index (κ1) is 22.8. The molecule has 8 heteroatoms. The van der Waals surface area contributed by atoms with Gasteiger partial charge < -0.3 is 4.90 Å². The molecule has 0 N–H and O–H groups in total. The van der Waals surface area contributed by atoms with Gasteiger partial charge in [-0.2, -0.15) is 5.10 Å². The van der Waals surface area contributed by atoms with E-state index in [0.717, 1.165) is 16.8 Å². The van der Waals surface area contributed by atoms with Crippen LogP contribution in [0.1, 0.15) is 27.9 Å². The van der Waals surface area contributed by atoms with Crippen LogP contribution in [0.4, 0.5) is 0 Å². The van der Waals surface area contributed by atoms with Crippen molar-refractivity contribution in [3.63, 3.8) is 0 Å². The van der Waals surface area contributed by atoms with Crippen LogP contribution in [0.2, 0.25) is 0 Å². The van der Waals surface area contributed by atoms with Gasteiger partial charge in [0.25, 0.3) is 5.91 Å². The maximum Gasteiger partial charge on any atom is 0.257 e. The summed E-state index contributed by atoms with van der Waals surface area (Å²) in [5.41, 5.74) is 5.45. The van der Waals surface area contributed by atoms with Gasteiger partial charge in [0.2, 0.25) is 0 Å². The minimum absolute atomic E-state index is 0.0332. The van der Waals surface area contributed by atoms with Gasteiger partial charge in [-0.3, -0.25) is 9.69 Å². The number of hydrogen-bond donors (Lipinski definition) is 0. The van der Waals surface area contributed by atoms with Crippen molar-refractivity contribution in [3.8, 4) is 16.9 Å². The zero-order chi connectivity index (χ0) is 23.9. The molecule has 0 bridgehead atoms. The highest BCUT2D eigenvalue weighted by Gasteiger charge is 2.35. The number of carbonyl (C=O) groups excluding carboxylic acids is 1. The highest BCUT2D eigenvalue weighted by Crippen LogP contribution is 2.28. The standard InChI is InChI=1S/C26H30N4O3S/c1-19-8-9-21(16-20(19)2)25-24(17-30(27-25)22-6-4-3-5-7-22)26(31)29-13-11-28(12-14-29)23-10-15-34(32,33)18-23/h3-9,16-17,23H,10-15,18H2,1-2H3/t23-/m1/s1. The highest BCUT2D eigenvalue weighted by molar-refractivity contribution is 7.91. The Morgan fingerprint density at radius 3 is 2.35 bits per heavy atom. The van der Waals surface area contributed by atoms with Gasteiger partial charge in [-0.05, 0) is 49.6 Å². The Balaban J connectivity index is 1.41. The van der Waals surface area contributed by atoms with Gasteiger partial charge in [-0.15, -0.1) is 0 Å². The molecule has 178 valence electrons. The topological polar surface area (TPSA) is 75.5 Å². The predicted octanol–water partition coefficient (Wildman–Crippen LogP) is 3.10. The number of nitrogens with zero attached hydrogens (tertiary/aromatic N) is 4. The number of sulfone groups is 1.